The van der Waals surface area contributed by atoms with E-state index < -0.39 is 11.9 Å². The van der Waals surface area contributed by atoms with Crippen molar-refractivity contribution in [3.8, 4) is 0 Å². The molecule has 0 aromatic carbocycles. The molecule has 3 aromatic rings. The van der Waals surface area contributed by atoms with Gasteiger partial charge >= 0.3 is 29.0 Å². The molecule has 0 N–H and O–H groups in total. The van der Waals surface area contributed by atoms with E-state index in [0.717, 1.165) is 56.5 Å². The first-order valence-corrected chi connectivity index (χ1v) is 13.3. The van der Waals surface area contributed by atoms with E-state index in [2.05, 4.69) is 34.3 Å². The molecule has 1 fully saturated rings. The first-order chi connectivity index (χ1) is 18.7. The molecule has 0 saturated carbocycles. The van der Waals surface area contributed by atoms with Crippen LogP contribution < -0.4 is 25.7 Å². The Hall–Kier alpha value is -3.49. The molecule has 6 rings (SSSR count). The molecule has 0 amide bonds. The van der Waals surface area contributed by atoms with Gasteiger partial charge < -0.3 is 25.0 Å². The van der Waals surface area contributed by atoms with Gasteiger partial charge in [0, 0.05) is 5.56 Å². The predicted molar refractivity (Wildman–Crippen MR) is 157 cm³/mol. The maximum absolute atomic E-state index is 13.6. The molecule has 7 nitrogen and oxygen atoms in total. The Morgan fingerprint density at radius 1 is 1.02 bits per heavy atom. The standard InChI is InChI=1S/C32H31N4O3.Mg/c1-8-19-16(5)24-13-26-20(9-2)17(6)23(35-26)12-22-14(3)15(4)29(36-22)27-28(32(38)39-7)31(37)21-10-18(33-30(21)27)11-25(19)34-24;/h9-15,28H,2,8H2,1,3-7H3,(H-,33,36,37);/q-3;+2/p-1/b22-12-,24-13-,25-11-;/t14-,15-,28+;/m0./s1. The second kappa shape index (κ2) is 10.2. The van der Waals surface area contributed by atoms with Crippen LogP contribution in [-0.2, 0) is 16.0 Å². The smallest absolute Gasteiger partial charge is 0.664 e. The number of esters is 1. The van der Waals surface area contributed by atoms with Gasteiger partial charge in [0.1, 0.15) is 5.92 Å². The summed E-state index contributed by atoms with van der Waals surface area (Å²) in [5.41, 5.74) is 9.50. The van der Waals surface area contributed by atoms with Gasteiger partial charge in [0.15, 0.2) is 5.78 Å². The summed E-state index contributed by atoms with van der Waals surface area (Å²) in [7, 11) is 1.30. The zero-order valence-corrected chi connectivity index (χ0v) is 25.2. The zero-order valence-electron chi connectivity index (χ0n) is 23.8. The quantitative estimate of drug-likeness (QED) is 0.286. The van der Waals surface area contributed by atoms with Gasteiger partial charge in [-0.2, -0.15) is 11.4 Å². The molecule has 0 radical (unpaired) electrons. The van der Waals surface area contributed by atoms with Gasteiger partial charge in [0.05, 0.1) is 7.11 Å². The fourth-order valence-electron chi connectivity index (χ4n) is 6.10. The first kappa shape index (κ1) is 28.0. The third kappa shape index (κ3) is 3.99. The molecule has 2 aliphatic heterocycles. The maximum Gasteiger partial charge on any atom is 2.00 e. The minimum absolute atomic E-state index is 0. The van der Waals surface area contributed by atoms with Crippen molar-refractivity contribution < 1.29 is 14.3 Å². The number of ketones is 1. The predicted octanol–water partition coefficient (Wildman–Crippen LogP) is 3.37. The fraction of sp³-hybridized carbons (Fsp3) is 0.312. The average Bonchev–Trinajstić information content (AvgIpc) is 3.67. The van der Waals surface area contributed by atoms with E-state index >= 15 is 0 Å². The number of fused-ring (bicyclic) bond motifs is 7. The summed E-state index contributed by atoms with van der Waals surface area (Å²) in [6, 6.07) is 1.76. The maximum atomic E-state index is 13.6. The van der Waals surface area contributed by atoms with Gasteiger partial charge in [-0.3, -0.25) is 9.59 Å². The number of hydrogen-bond donors (Lipinski definition) is 0. The molecule has 0 spiro atoms. The van der Waals surface area contributed by atoms with E-state index in [1.54, 1.807) is 6.07 Å². The van der Waals surface area contributed by atoms with Gasteiger partial charge in [-0.15, -0.1) is 33.5 Å². The van der Waals surface area contributed by atoms with E-state index in [9.17, 15) is 9.59 Å². The van der Waals surface area contributed by atoms with Crippen LogP contribution in [0.4, 0.5) is 0 Å². The molecular formula is C32H30MgN4O3-2. The Morgan fingerprint density at radius 2 is 1.77 bits per heavy atom. The van der Waals surface area contributed by atoms with Crippen molar-refractivity contribution >= 4 is 64.7 Å². The molecule has 1 aliphatic carbocycles. The third-order valence-corrected chi connectivity index (χ3v) is 8.56. The Labute approximate surface area is 249 Å². The Balaban J connectivity index is 0.00000323. The summed E-state index contributed by atoms with van der Waals surface area (Å²) in [5.74, 6) is -1.96. The fourth-order valence-corrected chi connectivity index (χ4v) is 6.10. The van der Waals surface area contributed by atoms with E-state index in [4.69, 9.17) is 25.0 Å². The van der Waals surface area contributed by atoms with Crippen LogP contribution in [0.15, 0.2) is 24.0 Å². The van der Waals surface area contributed by atoms with Crippen molar-refractivity contribution in [2.75, 3.05) is 7.11 Å². The Morgan fingerprint density at radius 3 is 2.45 bits per heavy atom. The first-order valence-electron chi connectivity index (χ1n) is 13.3. The zero-order chi connectivity index (χ0) is 27.7. The molecule has 3 aliphatic rings. The third-order valence-electron chi connectivity index (χ3n) is 8.56. The topological polar surface area (TPSA) is 99.8 Å². The molecule has 5 heterocycles. The van der Waals surface area contributed by atoms with E-state index in [-0.39, 0.29) is 40.7 Å². The van der Waals surface area contributed by atoms with Crippen molar-refractivity contribution in [2.24, 2.45) is 17.8 Å². The largest absolute Gasteiger partial charge is 2.00 e. The molecule has 200 valence electrons. The summed E-state index contributed by atoms with van der Waals surface area (Å²) in [6.45, 7) is 14.4. The summed E-state index contributed by atoms with van der Waals surface area (Å²) >= 11 is 0. The molecule has 40 heavy (non-hydrogen) atoms. The van der Waals surface area contributed by atoms with Crippen molar-refractivity contribution in [3.63, 3.8) is 0 Å². The number of allylic oxidation sites excluding steroid dienone is 2. The number of Topliss-reactive ketones (excluding diaryl/α,β-unsaturated/α-hetero) is 1. The minimum Gasteiger partial charge on any atom is -0.664 e. The summed E-state index contributed by atoms with van der Waals surface area (Å²) in [6.07, 6.45) is 8.59. The molecule has 3 atom stereocenters. The van der Waals surface area contributed by atoms with E-state index in [1.807, 2.05) is 31.2 Å². The van der Waals surface area contributed by atoms with Crippen LogP contribution in [0.1, 0.15) is 76.2 Å². The Kier molecular flexibility index (Phi) is 7.12. The van der Waals surface area contributed by atoms with Crippen molar-refractivity contribution in [1.82, 2.24) is 15.0 Å². The number of rotatable bonds is 3. The normalized spacial score (nSPS) is 25.6. The van der Waals surface area contributed by atoms with Crippen LogP contribution in [-0.4, -0.2) is 41.9 Å². The number of methoxy groups -OCH3 is 1. The van der Waals surface area contributed by atoms with E-state index in [0.29, 0.717) is 28.2 Å². The Bertz CT molecular complexity index is 1780. The van der Waals surface area contributed by atoms with Crippen molar-refractivity contribution in [2.45, 2.75) is 41.0 Å². The number of carbonyl (C=O) groups excluding carboxylic acids is 2. The molecular weight excluding hydrogens is 513 g/mol. The second-order valence-corrected chi connectivity index (χ2v) is 10.6. The molecule has 1 saturated heterocycles. The molecule has 8 bridgehead atoms. The molecule has 8 heteroatoms. The van der Waals surface area contributed by atoms with Crippen LogP contribution in [0.25, 0.3) is 35.2 Å². The van der Waals surface area contributed by atoms with Crippen LogP contribution in [0.5, 0.6) is 0 Å². The number of nitrogens with zero attached hydrogens (tertiary/aromatic N) is 4. The van der Waals surface area contributed by atoms with Gasteiger partial charge in [0.2, 0.25) is 0 Å². The number of ether oxygens (including phenoxy) is 1. The van der Waals surface area contributed by atoms with Crippen molar-refractivity contribution in [1.29, 1.82) is 0 Å². The van der Waals surface area contributed by atoms with Crippen LogP contribution in [0.2, 0.25) is 0 Å². The monoisotopic (exact) mass is 542 g/mol. The SMILES string of the molecule is C=Cc1c2[n-]c(c1C)/C=C1\[N-]/C(=C3\c4[n-]c(cc4C(=O)[C@@H]3C(=O)OC)/C=c3\[n-]/c(c(C)c3CC)=C\2)[C@@H](C)[C@@H]1C.[Mg+2]. The van der Waals surface area contributed by atoms with Crippen LogP contribution >= 0.6 is 0 Å². The van der Waals surface area contributed by atoms with Gasteiger partial charge in [0.25, 0.3) is 0 Å². The summed E-state index contributed by atoms with van der Waals surface area (Å²) in [5, 5.41) is 6.69. The van der Waals surface area contributed by atoms with E-state index in [1.165, 1.54) is 7.11 Å². The number of carbonyl (C=O) groups is 2. The second-order valence-electron chi connectivity index (χ2n) is 10.6. The van der Waals surface area contributed by atoms with Gasteiger partial charge in [-0.25, -0.2) is 0 Å². The number of hydrogen-bond acceptors (Lipinski definition) is 3. The van der Waals surface area contributed by atoms with Crippen LogP contribution in [0.3, 0.4) is 0 Å². The molecule has 0 unspecified atom stereocenters. The van der Waals surface area contributed by atoms with Gasteiger partial charge in [-0.05, 0) is 37.7 Å². The average molecular weight is 543 g/mol. The van der Waals surface area contributed by atoms with Crippen LogP contribution in [0, 0.1) is 31.6 Å². The minimum atomic E-state index is -1.07. The number of aromatic nitrogens is 3. The van der Waals surface area contributed by atoms with Gasteiger partial charge in [-0.1, -0.05) is 80.0 Å². The summed E-state index contributed by atoms with van der Waals surface area (Å²) in [4.78, 5) is 41.3. The van der Waals surface area contributed by atoms with Crippen molar-refractivity contribution in [3.05, 3.63) is 90.6 Å². The summed E-state index contributed by atoms with van der Waals surface area (Å²) < 4.78 is 5.07. The molecule has 3 aromatic heterocycles.